The van der Waals surface area contributed by atoms with E-state index in [1.807, 2.05) is 6.07 Å². The Labute approximate surface area is 130 Å². The van der Waals surface area contributed by atoms with Gasteiger partial charge < -0.3 is 9.47 Å². The summed E-state index contributed by atoms with van der Waals surface area (Å²) in [5.74, 6) is 0.595. The molecule has 0 radical (unpaired) electrons. The fourth-order valence-electron chi connectivity index (χ4n) is 3.25. The maximum Gasteiger partial charge on any atom is 0.0864 e. The van der Waals surface area contributed by atoms with E-state index in [-0.39, 0.29) is 12.2 Å². The Morgan fingerprint density at radius 2 is 1.90 bits per heavy atom. The maximum atomic E-state index is 6.31. The standard InChI is InChI=1S/C18H30O2Si/c1-14-11-17(13-21(3,4)5)20-18(14)15(2)19-12-16-9-7-6-8-10-16/h6-10,14-15,17-18H,11-13H2,1-5H3/t14-,15?,17-,18-/m0/s1. The molecule has 0 saturated carbocycles. The van der Waals surface area contributed by atoms with Crippen molar-refractivity contribution < 1.29 is 9.47 Å². The van der Waals surface area contributed by atoms with Gasteiger partial charge in [0.05, 0.1) is 24.9 Å². The topological polar surface area (TPSA) is 18.5 Å². The Hall–Kier alpha value is -0.643. The van der Waals surface area contributed by atoms with E-state index in [2.05, 4.69) is 57.8 Å². The van der Waals surface area contributed by atoms with Gasteiger partial charge in [0.1, 0.15) is 0 Å². The van der Waals surface area contributed by atoms with Crippen molar-refractivity contribution in [1.29, 1.82) is 0 Å². The van der Waals surface area contributed by atoms with Gasteiger partial charge in [-0.2, -0.15) is 0 Å². The van der Waals surface area contributed by atoms with Gasteiger partial charge in [-0.25, -0.2) is 0 Å². The molecule has 2 nitrogen and oxygen atoms in total. The molecule has 1 aliphatic rings. The molecule has 1 aromatic rings. The first-order chi connectivity index (χ1) is 9.85. The highest BCUT2D eigenvalue weighted by atomic mass is 28.3. The molecule has 21 heavy (non-hydrogen) atoms. The third-order valence-electron chi connectivity index (χ3n) is 4.20. The third-order valence-corrected chi connectivity index (χ3v) is 5.88. The van der Waals surface area contributed by atoms with Crippen molar-refractivity contribution in [2.24, 2.45) is 5.92 Å². The van der Waals surface area contributed by atoms with Crippen LogP contribution in [0.15, 0.2) is 30.3 Å². The molecule has 0 spiro atoms. The second-order valence-electron chi connectivity index (χ2n) is 7.70. The monoisotopic (exact) mass is 306 g/mol. The minimum atomic E-state index is -1.05. The van der Waals surface area contributed by atoms with E-state index in [1.165, 1.54) is 18.0 Å². The molecule has 3 heteroatoms. The van der Waals surface area contributed by atoms with E-state index in [1.54, 1.807) is 0 Å². The smallest absolute Gasteiger partial charge is 0.0864 e. The van der Waals surface area contributed by atoms with Gasteiger partial charge in [-0.3, -0.25) is 0 Å². The van der Waals surface area contributed by atoms with Crippen LogP contribution in [-0.4, -0.2) is 26.4 Å². The van der Waals surface area contributed by atoms with Gasteiger partial charge in [-0.05, 0) is 30.9 Å². The van der Waals surface area contributed by atoms with Gasteiger partial charge >= 0.3 is 0 Å². The van der Waals surface area contributed by atoms with Crippen LogP contribution in [0.4, 0.5) is 0 Å². The first-order valence-corrected chi connectivity index (χ1v) is 11.9. The van der Waals surface area contributed by atoms with Gasteiger partial charge in [0, 0.05) is 8.07 Å². The van der Waals surface area contributed by atoms with E-state index in [9.17, 15) is 0 Å². The summed E-state index contributed by atoms with van der Waals surface area (Å²) in [6, 6.07) is 11.6. The summed E-state index contributed by atoms with van der Waals surface area (Å²) >= 11 is 0. The zero-order valence-electron chi connectivity index (χ0n) is 14.1. The minimum absolute atomic E-state index is 0.159. The summed E-state index contributed by atoms with van der Waals surface area (Å²) in [4.78, 5) is 0. The number of ether oxygens (including phenoxy) is 2. The first-order valence-electron chi connectivity index (χ1n) is 8.16. The lowest BCUT2D eigenvalue weighted by molar-refractivity contribution is -0.0729. The fourth-order valence-corrected chi connectivity index (χ4v) is 4.87. The van der Waals surface area contributed by atoms with Crippen molar-refractivity contribution in [3.63, 3.8) is 0 Å². The highest BCUT2D eigenvalue weighted by molar-refractivity contribution is 6.76. The average molecular weight is 307 g/mol. The maximum absolute atomic E-state index is 6.31. The van der Waals surface area contributed by atoms with Crippen LogP contribution < -0.4 is 0 Å². The van der Waals surface area contributed by atoms with E-state index in [0.29, 0.717) is 18.6 Å². The lowest BCUT2D eigenvalue weighted by atomic mass is 9.99. The predicted molar refractivity (Wildman–Crippen MR) is 91.3 cm³/mol. The largest absolute Gasteiger partial charge is 0.372 e. The summed E-state index contributed by atoms with van der Waals surface area (Å²) in [6.07, 6.45) is 2.04. The number of hydrogen-bond acceptors (Lipinski definition) is 2. The summed E-state index contributed by atoms with van der Waals surface area (Å²) in [7, 11) is -1.05. The predicted octanol–water partition coefficient (Wildman–Crippen LogP) is 4.72. The summed E-state index contributed by atoms with van der Waals surface area (Å²) in [5, 5.41) is 0. The molecule has 2 rings (SSSR count). The molecular weight excluding hydrogens is 276 g/mol. The number of benzene rings is 1. The van der Waals surface area contributed by atoms with Crippen molar-refractivity contribution in [2.45, 2.75) is 70.9 Å². The van der Waals surface area contributed by atoms with Gasteiger partial charge in [-0.15, -0.1) is 0 Å². The quantitative estimate of drug-likeness (QED) is 0.708. The van der Waals surface area contributed by atoms with Crippen LogP contribution in [0.25, 0.3) is 0 Å². The molecule has 1 aliphatic heterocycles. The minimum Gasteiger partial charge on any atom is -0.372 e. The van der Waals surface area contributed by atoms with Crippen LogP contribution in [-0.2, 0) is 16.1 Å². The molecule has 1 aromatic carbocycles. The van der Waals surface area contributed by atoms with E-state index in [0.717, 1.165) is 0 Å². The molecular formula is C18H30O2Si. The zero-order chi connectivity index (χ0) is 15.5. The van der Waals surface area contributed by atoms with Crippen LogP contribution in [0.1, 0.15) is 25.8 Å². The molecule has 0 N–H and O–H groups in total. The second-order valence-corrected chi connectivity index (χ2v) is 13.2. The lowest BCUT2D eigenvalue weighted by Gasteiger charge is -2.25. The van der Waals surface area contributed by atoms with E-state index < -0.39 is 8.07 Å². The van der Waals surface area contributed by atoms with Crippen molar-refractivity contribution in [2.75, 3.05) is 0 Å². The zero-order valence-corrected chi connectivity index (χ0v) is 15.1. The van der Waals surface area contributed by atoms with Gasteiger partial charge in [0.2, 0.25) is 0 Å². The van der Waals surface area contributed by atoms with E-state index >= 15 is 0 Å². The second kappa shape index (κ2) is 7.08. The molecule has 1 unspecified atom stereocenters. The lowest BCUT2D eigenvalue weighted by Crippen LogP contribution is -2.32. The summed E-state index contributed by atoms with van der Waals surface area (Å²) in [6.45, 7) is 12.4. The highest BCUT2D eigenvalue weighted by Crippen LogP contribution is 2.33. The molecule has 0 aliphatic carbocycles. The van der Waals surface area contributed by atoms with Crippen molar-refractivity contribution in [1.82, 2.24) is 0 Å². The van der Waals surface area contributed by atoms with Crippen molar-refractivity contribution in [3.05, 3.63) is 35.9 Å². The third kappa shape index (κ3) is 5.24. The van der Waals surface area contributed by atoms with Crippen LogP contribution in [0.3, 0.4) is 0 Å². The average Bonchev–Trinajstić information content (AvgIpc) is 2.76. The summed E-state index contributed by atoms with van der Waals surface area (Å²) in [5.41, 5.74) is 1.23. The Balaban J connectivity index is 1.83. The fraction of sp³-hybridized carbons (Fsp3) is 0.667. The normalized spacial score (nSPS) is 27.8. The SMILES string of the molecule is CC(OCc1ccccc1)[C@H]1O[C@H](C[Si](C)(C)C)C[C@@H]1C. The molecule has 0 bridgehead atoms. The van der Waals surface area contributed by atoms with Crippen LogP contribution in [0.5, 0.6) is 0 Å². The molecule has 1 saturated heterocycles. The molecule has 0 aromatic heterocycles. The molecule has 1 heterocycles. The molecule has 118 valence electrons. The van der Waals surface area contributed by atoms with Gasteiger partial charge in [-0.1, -0.05) is 56.9 Å². The van der Waals surface area contributed by atoms with Gasteiger partial charge in [0.15, 0.2) is 0 Å². The van der Waals surface area contributed by atoms with Gasteiger partial charge in [0.25, 0.3) is 0 Å². The Bertz CT molecular complexity index is 427. The van der Waals surface area contributed by atoms with E-state index in [4.69, 9.17) is 9.47 Å². The first kappa shape index (κ1) is 16.7. The number of hydrogen-bond donors (Lipinski definition) is 0. The van der Waals surface area contributed by atoms with Crippen LogP contribution >= 0.6 is 0 Å². The number of rotatable bonds is 6. The molecule has 4 atom stereocenters. The van der Waals surface area contributed by atoms with Crippen LogP contribution in [0, 0.1) is 5.92 Å². The summed E-state index contributed by atoms with van der Waals surface area (Å²) < 4.78 is 12.4. The Morgan fingerprint density at radius 1 is 1.24 bits per heavy atom. The molecule has 1 fully saturated rings. The molecule has 0 amide bonds. The highest BCUT2D eigenvalue weighted by Gasteiger charge is 2.37. The Morgan fingerprint density at radius 3 is 2.52 bits per heavy atom. The Kier molecular flexibility index (Phi) is 5.64. The van der Waals surface area contributed by atoms with Crippen molar-refractivity contribution in [3.8, 4) is 0 Å². The van der Waals surface area contributed by atoms with Crippen molar-refractivity contribution >= 4 is 8.07 Å². The van der Waals surface area contributed by atoms with Crippen LogP contribution in [0.2, 0.25) is 25.7 Å².